The Balaban J connectivity index is 1.68. The van der Waals surface area contributed by atoms with Crippen LogP contribution in [0.4, 0.5) is 0 Å². The number of nitrogens with zero attached hydrogens (tertiary/aromatic N) is 2. The van der Waals surface area contributed by atoms with Gasteiger partial charge in [0.25, 0.3) is 0 Å². The van der Waals surface area contributed by atoms with Gasteiger partial charge in [-0.15, -0.1) is 0 Å². The fourth-order valence-electron chi connectivity index (χ4n) is 3.72. The Morgan fingerprint density at radius 2 is 1.88 bits per heavy atom. The van der Waals surface area contributed by atoms with E-state index < -0.39 is 0 Å². The molecule has 0 aliphatic carbocycles. The maximum atomic E-state index is 5.26. The Hall–Kier alpha value is -2.59. The first kappa shape index (κ1) is 16.9. The van der Waals surface area contributed by atoms with E-state index >= 15 is 0 Å². The van der Waals surface area contributed by atoms with E-state index in [4.69, 9.17) is 9.84 Å². The number of methoxy groups -OCH3 is 1. The molecule has 0 saturated carbocycles. The lowest BCUT2D eigenvalue weighted by Gasteiger charge is -2.20. The van der Waals surface area contributed by atoms with Gasteiger partial charge in [-0.25, -0.2) is 0 Å². The van der Waals surface area contributed by atoms with Gasteiger partial charge >= 0.3 is 0 Å². The molecule has 4 rings (SSSR count). The Morgan fingerprint density at radius 1 is 1.12 bits per heavy atom. The van der Waals surface area contributed by atoms with Gasteiger partial charge in [0.1, 0.15) is 5.75 Å². The summed E-state index contributed by atoms with van der Waals surface area (Å²) in [5.74, 6) is 0.890. The standard InChI is InChI=1S/C22H25N3O/c1-16(18-6-4-3-5-7-18)25-22-12-13-23-15-20(22)21(24-25)14-17-8-10-19(26-2)11-9-17/h3-11,16,23H,12-15H2,1-2H3. The van der Waals surface area contributed by atoms with E-state index in [9.17, 15) is 0 Å². The molecule has 4 nitrogen and oxygen atoms in total. The van der Waals surface area contributed by atoms with Gasteiger partial charge in [0.15, 0.2) is 0 Å². The van der Waals surface area contributed by atoms with Crippen molar-refractivity contribution >= 4 is 0 Å². The molecule has 1 aromatic heterocycles. The smallest absolute Gasteiger partial charge is 0.118 e. The molecule has 26 heavy (non-hydrogen) atoms. The third kappa shape index (κ3) is 3.25. The van der Waals surface area contributed by atoms with Gasteiger partial charge in [-0.3, -0.25) is 4.68 Å². The molecule has 0 fully saturated rings. The van der Waals surface area contributed by atoms with Crippen molar-refractivity contribution in [3.63, 3.8) is 0 Å². The topological polar surface area (TPSA) is 39.1 Å². The van der Waals surface area contributed by atoms with Crippen molar-refractivity contribution in [2.24, 2.45) is 0 Å². The van der Waals surface area contributed by atoms with E-state index in [0.717, 1.165) is 31.7 Å². The molecule has 1 atom stereocenters. The molecule has 4 heteroatoms. The minimum absolute atomic E-state index is 0.243. The fourth-order valence-corrected chi connectivity index (χ4v) is 3.72. The second-order valence-corrected chi connectivity index (χ2v) is 6.85. The number of ether oxygens (including phenoxy) is 1. The van der Waals surface area contributed by atoms with Crippen LogP contribution in [0, 0.1) is 0 Å². The molecule has 1 aliphatic rings. The third-order valence-corrected chi connectivity index (χ3v) is 5.22. The Labute approximate surface area is 154 Å². The summed E-state index contributed by atoms with van der Waals surface area (Å²) in [5.41, 5.74) is 6.49. The Kier molecular flexibility index (Phi) is 4.76. The van der Waals surface area contributed by atoms with Gasteiger partial charge in [-0.2, -0.15) is 5.10 Å². The summed E-state index contributed by atoms with van der Waals surface area (Å²) in [6.07, 6.45) is 1.88. The lowest BCUT2D eigenvalue weighted by Crippen LogP contribution is -2.26. The maximum absolute atomic E-state index is 5.26. The number of nitrogens with one attached hydrogen (secondary N) is 1. The van der Waals surface area contributed by atoms with Crippen LogP contribution in [0.15, 0.2) is 54.6 Å². The van der Waals surface area contributed by atoms with Crippen LogP contribution in [0.3, 0.4) is 0 Å². The predicted octanol–water partition coefficient (Wildman–Crippen LogP) is 3.74. The number of rotatable bonds is 5. The van der Waals surface area contributed by atoms with E-state index in [2.05, 4.69) is 59.4 Å². The molecule has 2 aromatic carbocycles. The number of benzene rings is 2. The second-order valence-electron chi connectivity index (χ2n) is 6.85. The van der Waals surface area contributed by atoms with Gasteiger partial charge in [0.05, 0.1) is 18.8 Å². The molecule has 0 saturated heterocycles. The molecule has 0 bridgehead atoms. The van der Waals surface area contributed by atoms with Crippen molar-refractivity contribution in [1.82, 2.24) is 15.1 Å². The van der Waals surface area contributed by atoms with Crippen molar-refractivity contribution < 1.29 is 4.74 Å². The number of hydrogen-bond donors (Lipinski definition) is 1. The zero-order valence-electron chi connectivity index (χ0n) is 15.4. The van der Waals surface area contributed by atoms with E-state index in [1.54, 1.807) is 7.11 Å². The summed E-state index contributed by atoms with van der Waals surface area (Å²) < 4.78 is 7.51. The van der Waals surface area contributed by atoms with Crippen LogP contribution in [0.2, 0.25) is 0 Å². The summed E-state index contributed by atoms with van der Waals surface area (Å²) in [6, 6.07) is 19.2. The highest BCUT2D eigenvalue weighted by molar-refractivity contribution is 5.36. The van der Waals surface area contributed by atoms with Crippen LogP contribution in [0.5, 0.6) is 5.75 Å². The number of aromatic nitrogens is 2. The molecule has 134 valence electrons. The minimum Gasteiger partial charge on any atom is -0.497 e. The zero-order valence-corrected chi connectivity index (χ0v) is 15.4. The van der Waals surface area contributed by atoms with Crippen LogP contribution >= 0.6 is 0 Å². The van der Waals surface area contributed by atoms with Gasteiger partial charge in [0.2, 0.25) is 0 Å². The van der Waals surface area contributed by atoms with Crippen molar-refractivity contribution in [2.75, 3.05) is 13.7 Å². The lowest BCUT2D eigenvalue weighted by molar-refractivity contribution is 0.414. The lowest BCUT2D eigenvalue weighted by atomic mass is 10.0. The van der Waals surface area contributed by atoms with E-state index in [1.807, 2.05) is 12.1 Å². The van der Waals surface area contributed by atoms with Gasteiger partial charge < -0.3 is 10.1 Å². The van der Waals surface area contributed by atoms with Gasteiger partial charge in [-0.1, -0.05) is 42.5 Å². The first-order valence-corrected chi connectivity index (χ1v) is 9.24. The summed E-state index contributed by atoms with van der Waals surface area (Å²) in [7, 11) is 1.70. The van der Waals surface area contributed by atoms with Crippen LogP contribution in [0.25, 0.3) is 0 Å². The predicted molar refractivity (Wildman–Crippen MR) is 104 cm³/mol. The number of fused-ring (bicyclic) bond motifs is 1. The highest BCUT2D eigenvalue weighted by atomic mass is 16.5. The molecular formula is C22H25N3O. The second kappa shape index (κ2) is 7.34. The van der Waals surface area contributed by atoms with Crippen LogP contribution in [-0.2, 0) is 19.4 Å². The fraction of sp³-hybridized carbons (Fsp3) is 0.318. The van der Waals surface area contributed by atoms with Crippen LogP contribution in [-0.4, -0.2) is 23.4 Å². The minimum atomic E-state index is 0.243. The number of hydrogen-bond acceptors (Lipinski definition) is 3. The molecule has 0 amide bonds. The van der Waals surface area contributed by atoms with E-state index in [0.29, 0.717) is 0 Å². The van der Waals surface area contributed by atoms with Gasteiger partial charge in [0, 0.05) is 37.2 Å². The average Bonchev–Trinajstić information content (AvgIpc) is 3.07. The Bertz CT molecular complexity index is 868. The summed E-state index contributed by atoms with van der Waals surface area (Å²) in [4.78, 5) is 0. The molecule has 1 aliphatic heterocycles. The molecule has 1 N–H and O–H groups in total. The van der Waals surface area contributed by atoms with Crippen molar-refractivity contribution in [3.05, 3.63) is 82.7 Å². The highest BCUT2D eigenvalue weighted by Gasteiger charge is 2.23. The first-order valence-electron chi connectivity index (χ1n) is 9.24. The largest absolute Gasteiger partial charge is 0.497 e. The monoisotopic (exact) mass is 347 g/mol. The SMILES string of the molecule is COc1ccc(Cc2nn(C(C)c3ccccc3)c3c2CNCC3)cc1. The molecule has 2 heterocycles. The summed E-state index contributed by atoms with van der Waals surface area (Å²) in [5, 5.41) is 8.56. The summed E-state index contributed by atoms with van der Waals surface area (Å²) in [6.45, 7) is 4.16. The first-order chi connectivity index (χ1) is 12.8. The summed E-state index contributed by atoms with van der Waals surface area (Å²) >= 11 is 0. The van der Waals surface area contributed by atoms with Crippen molar-refractivity contribution in [1.29, 1.82) is 0 Å². The highest BCUT2D eigenvalue weighted by Crippen LogP contribution is 2.27. The molecular weight excluding hydrogens is 322 g/mol. The zero-order chi connectivity index (χ0) is 17.9. The van der Waals surface area contributed by atoms with Crippen molar-refractivity contribution in [2.45, 2.75) is 32.4 Å². The third-order valence-electron chi connectivity index (χ3n) is 5.22. The Morgan fingerprint density at radius 3 is 2.62 bits per heavy atom. The van der Waals surface area contributed by atoms with Crippen LogP contribution in [0.1, 0.15) is 41.0 Å². The molecule has 1 unspecified atom stereocenters. The van der Waals surface area contributed by atoms with Crippen LogP contribution < -0.4 is 10.1 Å². The van der Waals surface area contributed by atoms with E-state index in [1.165, 1.54) is 28.1 Å². The molecule has 3 aromatic rings. The quantitative estimate of drug-likeness (QED) is 0.764. The van der Waals surface area contributed by atoms with Crippen molar-refractivity contribution in [3.8, 4) is 5.75 Å². The molecule has 0 radical (unpaired) electrons. The maximum Gasteiger partial charge on any atom is 0.118 e. The normalized spacial score (nSPS) is 14.7. The molecule has 0 spiro atoms. The van der Waals surface area contributed by atoms with Gasteiger partial charge in [-0.05, 0) is 30.2 Å². The van der Waals surface area contributed by atoms with E-state index in [-0.39, 0.29) is 6.04 Å². The average molecular weight is 347 g/mol.